The van der Waals surface area contributed by atoms with Crippen LogP contribution in [0.15, 0.2) is 60.7 Å². The first-order valence-corrected chi connectivity index (χ1v) is 10.6. The molecular formula is C25H24ClNO7. The minimum atomic E-state index is -0.540. The largest absolute Gasteiger partial charge is 0.496 e. The normalized spacial score (nSPS) is 10.2. The molecule has 0 saturated carbocycles. The van der Waals surface area contributed by atoms with E-state index in [2.05, 4.69) is 5.32 Å². The van der Waals surface area contributed by atoms with Crippen molar-refractivity contribution in [1.29, 1.82) is 0 Å². The minimum absolute atomic E-state index is 0.0521. The van der Waals surface area contributed by atoms with E-state index in [-0.39, 0.29) is 30.3 Å². The summed E-state index contributed by atoms with van der Waals surface area (Å²) in [6, 6.07) is 16.7. The highest BCUT2D eigenvalue weighted by molar-refractivity contribution is 6.31. The highest BCUT2D eigenvalue weighted by atomic mass is 35.5. The average Bonchev–Trinajstić information content (AvgIpc) is 2.86. The first-order chi connectivity index (χ1) is 16.4. The van der Waals surface area contributed by atoms with Crippen molar-refractivity contribution in [3.05, 3.63) is 76.8 Å². The van der Waals surface area contributed by atoms with E-state index in [4.69, 9.17) is 35.3 Å². The summed E-state index contributed by atoms with van der Waals surface area (Å²) in [7, 11) is 4.47. The molecule has 0 fully saturated rings. The van der Waals surface area contributed by atoms with E-state index in [9.17, 15) is 9.59 Å². The maximum Gasteiger partial charge on any atom is 0.338 e. The Bertz CT molecular complexity index is 1170. The van der Waals surface area contributed by atoms with Crippen LogP contribution in [0.3, 0.4) is 0 Å². The third-order valence-electron chi connectivity index (χ3n) is 4.74. The van der Waals surface area contributed by atoms with Gasteiger partial charge in [-0.25, -0.2) is 4.79 Å². The molecule has 1 N–H and O–H groups in total. The van der Waals surface area contributed by atoms with E-state index in [1.807, 2.05) is 18.2 Å². The van der Waals surface area contributed by atoms with Crippen molar-refractivity contribution in [2.45, 2.75) is 6.61 Å². The molecule has 0 unspecified atom stereocenters. The molecule has 1 amide bonds. The second-order valence-corrected chi connectivity index (χ2v) is 7.37. The van der Waals surface area contributed by atoms with E-state index in [0.717, 1.165) is 5.56 Å². The number of rotatable bonds is 10. The molecule has 34 heavy (non-hydrogen) atoms. The Labute approximate surface area is 202 Å². The van der Waals surface area contributed by atoms with E-state index >= 15 is 0 Å². The fourth-order valence-corrected chi connectivity index (χ4v) is 3.24. The first kappa shape index (κ1) is 24.7. The van der Waals surface area contributed by atoms with Crippen LogP contribution in [0.25, 0.3) is 0 Å². The summed E-state index contributed by atoms with van der Waals surface area (Å²) >= 11 is 5.98. The third kappa shape index (κ3) is 6.32. The van der Waals surface area contributed by atoms with Crippen molar-refractivity contribution in [3.63, 3.8) is 0 Å². The molecule has 0 aliphatic heterocycles. The number of halogens is 1. The van der Waals surface area contributed by atoms with Gasteiger partial charge in [-0.1, -0.05) is 29.8 Å². The van der Waals surface area contributed by atoms with Gasteiger partial charge in [0.15, 0.2) is 18.1 Å². The summed E-state index contributed by atoms with van der Waals surface area (Å²) in [5.41, 5.74) is 1.43. The smallest absolute Gasteiger partial charge is 0.338 e. The van der Waals surface area contributed by atoms with Gasteiger partial charge >= 0.3 is 5.97 Å². The molecule has 3 aromatic rings. The van der Waals surface area contributed by atoms with Crippen LogP contribution in [0.5, 0.6) is 23.0 Å². The predicted octanol–water partition coefficient (Wildman–Crippen LogP) is 4.74. The maximum atomic E-state index is 12.5. The molecule has 3 aromatic carbocycles. The number of para-hydroxylation sites is 1. The van der Waals surface area contributed by atoms with Gasteiger partial charge in [0.1, 0.15) is 18.1 Å². The van der Waals surface area contributed by atoms with Crippen LogP contribution in [0.4, 0.5) is 5.69 Å². The van der Waals surface area contributed by atoms with Crippen molar-refractivity contribution in [1.82, 2.24) is 0 Å². The Morgan fingerprint density at radius 1 is 0.824 bits per heavy atom. The number of esters is 1. The van der Waals surface area contributed by atoms with Crippen molar-refractivity contribution in [2.75, 3.05) is 33.3 Å². The average molecular weight is 486 g/mol. The number of hydrogen-bond donors (Lipinski definition) is 1. The highest BCUT2D eigenvalue weighted by Gasteiger charge is 2.15. The Balaban J connectivity index is 1.61. The molecule has 0 aromatic heterocycles. The molecule has 0 radical (unpaired) electrons. The standard InChI is InChI=1S/C25H24ClNO7/c1-30-20-7-5-4-6-17(20)14-34-25(29)16-8-10-22(23(12-16)32-3)33-15-24(28)27-19-13-18(26)9-11-21(19)31-2/h4-13H,14-15H2,1-3H3,(H,27,28). The summed E-state index contributed by atoms with van der Waals surface area (Å²) in [5, 5.41) is 3.13. The van der Waals surface area contributed by atoms with E-state index < -0.39 is 11.9 Å². The van der Waals surface area contributed by atoms with Crippen LogP contribution >= 0.6 is 11.6 Å². The molecule has 178 valence electrons. The van der Waals surface area contributed by atoms with Gasteiger partial charge in [-0.3, -0.25) is 4.79 Å². The maximum absolute atomic E-state index is 12.5. The SMILES string of the molecule is COc1ccccc1COC(=O)c1ccc(OCC(=O)Nc2cc(Cl)ccc2OC)c(OC)c1. The molecule has 0 aliphatic carbocycles. The zero-order valence-corrected chi connectivity index (χ0v) is 19.7. The third-order valence-corrected chi connectivity index (χ3v) is 4.98. The number of benzene rings is 3. The number of carbonyl (C=O) groups excluding carboxylic acids is 2. The monoisotopic (exact) mass is 485 g/mol. The second kappa shape index (κ2) is 11.8. The topological polar surface area (TPSA) is 92.3 Å². The van der Waals surface area contributed by atoms with Gasteiger partial charge in [-0.2, -0.15) is 0 Å². The van der Waals surface area contributed by atoms with E-state index in [1.165, 1.54) is 32.4 Å². The molecule has 0 spiro atoms. The van der Waals surface area contributed by atoms with Crippen LogP contribution in [0.1, 0.15) is 15.9 Å². The summed E-state index contributed by atoms with van der Waals surface area (Å²) in [5.74, 6) is 0.693. The number of nitrogens with one attached hydrogen (secondary N) is 1. The fraction of sp³-hybridized carbons (Fsp3) is 0.200. The van der Waals surface area contributed by atoms with Crippen LogP contribution in [-0.4, -0.2) is 39.8 Å². The lowest BCUT2D eigenvalue weighted by Gasteiger charge is -2.14. The molecule has 0 bridgehead atoms. The fourth-order valence-electron chi connectivity index (χ4n) is 3.07. The van der Waals surface area contributed by atoms with Crippen molar-refractivity contribution >= 4 is 29.2 Å². The van der Waals surface area contributed by atoms with Crippen LogP contribution in [-0.2, 0) is 16.1 Å². The van der Waals surface area contributed by atoms with E-state index in [1.54, 1.807) is 31.4 Å². The Morgan fingerprint density at radius 2 is 1.53 bits per heavy atom. The molecule has 0 saturated heterocycles. The number of amides is 1. The van der Waals surface area contributed by atoms with E-state index in [0.29, 0.717) is 22.2 Å². The lowest BCUT2D eigenvalue weighted by molar-refractivity contribution is -0.118. The number of ether oxygens (including phenoxy) is 5. The number of anilines is 1. The van der Waals surface area contributed by atoms with Gasteiger partial charge < -0.3 is 29.0 Å². The quantitative estimate of drug-likeness (QED) is 0.414. The van der Waals surface area contributed by atoms with Crippen LogP contribution < -0.4 is 24.3 Å². The number of methoxy groups -OCH3 is 3. The van der Waals surface area contributed by atoms with Gasteiger partial charge in [0.2, 0.25) is 0 Å². The number of carbonyl (C=O) groups is 2. The summed E-state index contributed by atoms with van der Waals surface area (Å²) in [6.07, 6.45) is 0. The first-order valence-electron chi connectivity index (χ1n) is 10.2. The van der Waals surface area contributed by atoms with Crippen molar-refractivity contribution in [2.24, 2.45) is 0 Å². The van der Waals surface area contributed by atoms with Gasteiger partial charge in [-0.15, -0.1) is 0 Å². The molecule has 8 nitrogen and oxygen atoms in total. The Hall–Kier alpha value is -3.91. The van der Waals surface area contributed by atoms with Crippen LogP contribution in [0, 0.1) is 0 Å². The second-order valence-electron chi connectivity index (χ2n) is 6.94. The zero-order chi connectivity index (χ0) is 24.5. The number of hydrogen-bond acceptors (Lipinski definition) is 7. The molecule has 0 aliphatic rings. The molecule has 3 rings (SSSR count). The van der Waals surface area contributed by atoms with Crippen molar-refractivity contribution in [3.8, 4) is 23.0 Å². The lowest BCUT2D eigenvalue weighted by Crippen LogP contribution is -2.20. The summed E-state index contributed by atoms with van der Waals surface area (Å²) in [4.78, 5) is 24.9. The molecule has 0 heterocycles. The van der Waals surface area contributed by atoms with Crippen LogP contribution in [0.2, 0.25) is 5.02 Å². The van der Waals surface area contributed by atoms with Gasteiger partial charge in [0.05, 0.1) is 32.6 Å². The Morgan fingerprint density at radius 3 is 2.26 bits per heavy atom. The predicted molar refractivity (Wildman–Crippen MR) is 127 cm³/mol. The summed E-state index contributed by atoms with van der Waals surface area (Å²) in [6.45, 7) is -0.250. The minimum Gasteiger partial charge on any atom is -0.496 e. The molecule has 9 heteroatoms. The lowest BCUT2D eigenvalue weighted by atomic mass is 10.2. The zero-order valence-electron chi connectivity index (χ0n) is 18.9. The Kier molecular flexibility index (Phi) is 8.59. The van der Waals surface area contributed by atoms with Crippen molar-refractivity contribution < 1.29 is 33.3 Å². The molecule has 0 atom stereocenters. The summed E-state index contributed by atoms with van der Waals surface area (Å²) < 4.78 is 26.8. The van der Waals surface area contributed by atoms with Gasteiger partial charge in [0.25, 0.3) is 5.91 Å². The van der Waals surface area contributed by atoms with Gasteiger partial charge in [-0.05, 0) is 42.5 Å². The molecular weight excluding hydrogens is 462 g/mol. The highest BCUT2D eigenvalue weighted by Crippen LogP contribution is 2.30. The van der Waals surface area contributed by atoms with Gasteiger partial charge in [0, 0.05) is 10.6 Å².